The van der Waals surface area contributed by atoms with Crippen LogP contribution in [-0.2, 0) is 4.79 Å². The van der Waals surface area contributed by atoms with Crippen LogP contribution in [0.2, 0.25) is 0 Å². The van der Waals surface area contributed by atoms with Gasteiger partial charge in [-0.05, 0) is 38.3 Å². The molecule has 0 aromatic heterocycles. The minimum Gasteiger partial charge on any atom is -0.487 e. The van der Waals surface area contributed by atoms with Gasteiger partial charge in [-0.2, -0.15) is 0 Å². The van der Waals surface area contributed by atoms with Crippen molar-refractivity contribution in [2.24, 2.45) is 0 Å². The standard InChI is InChI=1S/C20H30N2O6/c1-15(24)17-9-5-10-18(20(17)22(26)27)28-14-6-11-19(25)21(12-13-23)16-7-3-2-4-8-16/h5,9-10,15-16,23-24H,2-4,6-8,11-14H2,1H3. The van der Waals surface area contributed by atoms with Crippen LogP contribution in [0.4, 0.5) is 5.69 Å². The SMILES string of the molecule is CC(O)c1cccc(OCCCC(=O)N(CCO)C2CCCCC2)c1[N+](=O)[O-]. The summed E-state index contributed by atoms with van der Waals surface area (Å²) in [5.74, 6) is 0.0760. The highest BCUT2D eigenvalue weighted by atomic mass is 16.6. The van der Waals surface area contributed by atoms with Crippen LogP contribution in [0.5, 0.6) is 5.75 Å². The normalized spacial score (nSPS) is 15.8. The summed E-state index contributed by atoms with van der Waals surface area (Å²) in [6.45, 7) is 1.91. The molecule has 2 rings (SSSR count). The first-order valence-electron chi connectivity index (χ1n) is 9.94. The first-order valence-corrected chi connectivity index (χ1v) is 9.94. The summed E-state index contributed by atoms with van der Waals surface area (Å²) in [5.41, 5.74) is -0.0436. The monoisotopic (exact) mass is 394 g/mol. The summed E-state index contributed by atoms with van der Waals surface area (Å²) < 4.78 is 5.55. The highest BCUT2D eigenvalue weighted by Gasteiger charge is 2.25. The fourth-order valence-electron chi connectivity index (χ4n) is 3.75. The van der Waals surface area contributed by atoms with E-state index >= 15 is 0 Å². The number of benzene rings is 1. The number of carbonyl (C=O) groups is 1. The van der Waals surface area contributed by atoms with Crippen molar-refractivity contribution in [3.8, 4) is 5.75 Å². The second-order valence-corrected chi connectivity index (χ2v) is 7.18. The van der Waals surface area contributed by atoms with Gasteiger partial charge in [0.05, 0.1) is 29.8 Å². The molecule has 28 heavy (non-hydrogen) atoms. The number of hydrogen-bond acceptors (Lipinski definition) is 6. The number of nitro benzene ring substituents is 1. The maximum absolute atomic E-state index is 12.6. The van der Waals surface area contributed by atoms with Crippen LogP contribution < -0.4 is 4.74 Å². The third-order valence-corrected chi connectivity index (χ3v) is 5.13. The summed E-state index contributed by atoms with van der Waals surface area (Å²) in [4.78, 5) is 25.1. The van der Waals surface area contributed by atoms with E-state index < -0.39 is 11.0 Å². The molecule has 1 aliphatic carbocycles. The maximum Gasteiger partial charge on any atom is 0.316 e. The molecule has 8 heteroatoms. The van der Waals surface area contributed by atoms with E-state index in [1.165, 1.54) is 25.5 Å². The Morgan fingerprint density at radius 3 is 2.68 bits per heavy atom. The van der Waals surface area contributed by atoms with Crippen LogP contribution in [0, 0.1) is 10.1 Å². The number of nitro groups is 1. The molecule has 1 unspecified atom stereocenters. The lowest BCUT2D eigenvalue weighted by atomic mass is 9.94. The van der Waals surface area contributed by atoms with Gasteiger partial charge in [0, 0.05) is 19.0 Å². The lowest BCUT2D eigenvalue weighted by Gasteiger charge is -2.34. The van der Waals surface area contributed by atoms with Gasteiger partial charge in [-0.15, -0.1) is 0 Å². The van der Waals surface area contributed by atoms with E-state index in [1.807, 2.05) is 0 Å². The van der Waals surface area contributed by atoms with E-state index in [4.69, 9.17) is 4.74 Å². The van der Waals surface area contributed by atoms with E-state index in [0.29, 0.717) is 13.0 Å². The van der Waals surface area contributed by atoms with Gasteiger partial charge in [-0.25, -0.2) is 0 Å². The second-order valence-electron chi connectivity index (χ2n) is 7.18. The number of aliphatic hydroxyl groups is 2. The van der Waals surface area contributed by atoms with Crippen molar-refractivity contribution < 1.29 is 24.7 Å². The molecule has 0 bridgehead atoms. The first-order chi connectivity index (χ1) is 13.5. The number of rotatable bonds is 10. The minimum absolute atomic E-state index is 0.0169. The average Bonchev–Trinajstić information content (AvgIpc) is 2.69. The molecule has 156 valence electrons. The van der Waals surface area contributed by atoms with Crippen molar-refractivity contribution in [3.63, 3.8) is 0 Å². The van der Waals surface area contributed by atoms with E-state index in [9.17, 15) is 25.1 Å². The van der Waals surface area contributed by atoms with Crippen LogP contribution in [0.25, 0.3) is 0 Å². The number of hydrogen-bond donors (Lipinski definition) is 2. The Kier molecular flexibility index (Phi) is 8.66. The molecule has 1 aromatic carbocycles. The molecular weight excluding hydrogens is 364 g/mol. The average molecular weight is 394 g/mol. The highest BCUT2D eigenvalue weighted by Crippen LogP contribution is 2.34. The fourth-order valence-corrected chi connectivity index (χ4v) is 3.75. The molecule has 0 spiro atoms. The van der Waals surface area contributed by atoms with E-state index in [2.05, 4.69) is 0 Å². The number of nitrogens with zero attached hydrogens (tertiary/aromatic N) is 2. The van der Waals surface area contributed by atoms with Gasteiger partial charge in [0.2, 0.25) is 5.91 Å². The largest absolute Gasteiger partial charge is 0.487 e. The van der Waals surface area contributed by atoms with Crippen LogP contribution >= 0.6 is 0 Å². The Morgan fingerprint density at radius 1 is 1.36 bits per heavy atom. The number of para-hydroxylation sites is 1. The maximum atomic E-state index is 12.6. The number of ether oxygens (including phenoxy) is 1. The molecule has 1 aromatic rings. The van der Waals surface area contributed by atoms with Crippen LogP contribution in [0.3, 0.4) is 0 Å². The quantitative estimate of drug-likeness (QED) is 0.358. The molecule has 0 heterocycles. The van der Waals surface area contributed by atoms with E-state index in [-0.39, 0.29) is 48.6 Å². The molecule has 2 N–H and O–H groups in total. The summed E-state index contributed by atoms with van der Waals surface area (Å²) in [7, 11) is 0. The summed E-state index contributed by atoms with van der Waals surface area (Å²) >= 11 is 0. The minimum atomic E-state index is -0.979. The van der Waals surface area contributed by atoms with Gasteiger partial charge in [0.25, 0.3) is 0 Å². The van der Waals surface area contributed by atoms with Crippen LogP contribution in [-0.4, -0.2) is 51.7 Å². The Morgan fingerprint density at radius 2 is 2.07 bits per heavy atom. The molecule has 0 saturated heterocycles. The Labute approximate surface area is 165 Å². The Balaban J connectivity index is 1.91. The Hall–Kier alpha value is -2.19. The van der Waals surface area contributed by atoms with E-state index in [0.717, 1.165) is 25.7 Å². The summed E-state index contributed by atoms with van der Waals surface area (Å²) in [5, 5.41) is 30.4. The predicted octanol–water partition coefficient (Wildman–Crippen LogP) is 2.96. The van der Waals surface area contributed by atoms with Crippen molar-refractivity contribution in [3.05, 3.63) is 33.9 Å². The number of carbonyl (C=O) groups excluding carboxylic acids is 1. The number of amides is 1. The third-order valence-electron chi connectivity index (χ3n) is 5.13. The van der Waals surface area contributed by atoms with Crippen molar-refractivity contribution in [1.29, 1.82) is 0 Å². The molecule has 8 nitrogen and oxygen atoms in total. The van der Waals surface area contributed by atoms with Gasteiger partial charge in [-0.1, -0.05) is 25.3 Å². The first kappa shape index (κ1) is 22.1. The molecule has 1 saturated carbocycles. The molecule has 1 fully saturated rings. The van der Waals surface area contributed by atoms with Crippen molar-refractivity contribution in [1.82, 2.24) is 4.90 Å². The topological polar surface area (TPSA) is 113 Å². The fraction of sp³-hybridized carbons (Fsp3) is 0.650. The van der Waals surface area contributed by atoms with Crippen molar-refractivity contribution >= 4 is 11.6 Å². The van der Waals surface area contributed by atoms with Crippen LogP contribution in [0.15, 0.2) is 18.2 Å². The van der Waals surface area contributed by atoms with Gasteiger partial charge in [0.1, 0.15) is 0 Å². The van der Waals surface area contributed by atoms with Gasteiger partial charge >= 0.3 is 5.69 Å². The zero-order valence-electron chi connectivity index (χ0n) is 16.4. The zero-order valence-corrected chi connectivity index (χ0v) is 16.4. The van der Waals surface area contributed by atoms with Gasteiger partial charge in [0.15, 0.2) is 5.75 Å². The molecule has 0 aliphatic heterocycles. The molecule has 1 amide bonds. The lowest BCUT2D eigenvalue weighted by molar-refractivity contribution is -0.387. The number of aliphatic hydroxyl groups excluding tert-OH is 2. The Bertz CT molecular complexity index is 658. The lowest BCUT2D eigenvalue weighted by Crippen LogP contribution is -2.43. The second kappa shape index (κ2) is 11.0. The molecule has 1 aliphatic rings. The van der Waals surface area contributed by atoms with E-state index in [1.54, 1.807) is 11.0 Å². The molecule has 0 radical (unpaired) electrons. The van der Waals surface area contributed by atoms with Crippen molar-refractivity contribution in [2.45, 2.75) is 64.0 Å². The predicted molar refractivity (Wildman–Crippen MR) is 104 cm³/mol. The zero-order chi connectivity index (χ0) is 20.5. The smallest absolute Gasteiger partial charge is 0.316 e. The summed E-state index contributed by atoms with van der Waals surface area (Å²) in [6, 6.07) is 4.78. The van der Waals surface area contributed by atoms with Crippen molar-refractivity contribution in [2.75, 3.05) is 19.8 Å². The third kappa shape index (κ3) is 5.90. The molecular formula is C20H30N2O6. The summed E-state index contributed by atoms with van der Waals surface area (Å²) in [6.07, 6.45) is 5.05. The van der Waals surface area contributed by atoms with Crippen LogP contribution in [0.1, 0.15) is 63.5 Å². The van der Waals surface area contributed by atoms with Gasteiger partial charge < -0.3 is 19.8 Å². The molecule has 1 atom stereocenters. The highest BCUT2D eigenvalue weighted by molar-refractivity contribution is 5.76. The van der Waals surface area contributed by atoms with Gasteiger partial charge in [-0.3, -0.25) is 14.9 Å².